The Kier molecular flexibility index (Phi) is 5.59. The van der Waals surface area contributed by atoms with Crippen molar-refractivity contribution in [1.29, 1.82) is 0 Å². The Hall–Kier alpha value is -0.930. The molecular formula is C13H20ClNO2. The second-order valence-corrected chi connectivity index (χ2v) is 4.70. The molecule has 0 bridgehead atoms. The number of hydrogen-bond acceptors (Lipinski definition) is 3. The summed E-state index contributed by atoms with van der Waals surface area (Å²) in [6, 6.07) is 5.43. The van der Waals surface area contributed by atoms with Crippen LogP contribution in [0.15, 0.2) is 18.2 Å². The van der Waals surface area contributed by atoms with Crippen molar-refractivity contribution >= 4 is 11.6 Å². The van der Waals surface area contributed by atoms with Crippen LogP contribution in [0.3, 0.4) is 0 Å². The Morgan fingerprint density at radius 1 is 1.29 bits per heavy atom. The van der Waals surface area contributed by atoms with Crippen LogP contribution in [0.25, 0.3) is 0 Å². The second kappa shape index (κ2) is 6.72. The predicted molar refractivity (Wildman–Crippen MR) is 70.9 cm³/mol. The maximum Gasteiger partial charge on any atom is 0.138 e. The van der Waals surface area contributed by atoms with Crippen LogP contribution in [0, 0.1) is 5.92 Å². The zero-order chi connectivity index (χ0) is 12.8. The van der Waals surface area contributed by atoms with Crippen LogP contribution in [0.2, 0.25) is 5.02 Å². The molecule has 1 aromatic carbocycles. The van der Waals surface area contributed by atoms with Gasteiger partial charge >= 0.3 is 0 Å². The topological polar surface area (TPSA) is 44.5 Å². The van der Waals surface area contributed by atoms with Crippen LogP contribution in [-0.4, -0.2) is 19.3 Å². The first-order valence-electron chi connectivity index (χ1n) is 5.83. The molecule has 0 aromatic heterocycles. The largest absolute Gasteiger partial charge is 0.491 e. The van der Waals surface area contributed by atoms with E-state index in [1.807, 2.05) is 13.0 Å². The molecule has 0 aliphatic rings. The van der Waals surface area contributed by atoms with Crippen molar-refractivity contribution in [3.8, 4) is 11.5 Å². The third kappa shape index (κ3) is 4.44. The maximum atomic E-state index is 6.08. The van der Waals surface area contributed by atoms with Crippen LogP contribution < -0.4 is 15.2 Å². The number of nitrogens with two attached hydrogens (primary N) is 1. The summed E-state index contributed by atoms with van der Waals surface area (Å²) in [6.07, 6.45) is 0.155. The van der Waals surface area contributed by atoms with Gasteiger partial charge in [0, 0.05) is 12.6 Å². The van der Waals surface area contributed by atoms with Crippen LogP contribution in [0.4, 0.5) is 0 Å². The van der Waals surface area contributed by atoms with E-state index in [0.717, 1.165) is 5.75 Å². The van der Waals surface area contributed by atoms with Gasteiger partial charge in [-0.2, -0.15) is 0 Å². The van der Waals surface area contributed by atoms with Gasteiger partial charge in [-0.1, -0.05) is 25.4 Å². The first kappa shape index (κ1) is 14.1. The number of ether oxygens (including phenoxy) is 2. The van der Waals surface area contributed by atoms with Crippen molar-refractivity contribution in [2.75, 3.05) is 13.2 Å². The fourth-order valence-corrected chi connectivity index (χ4v) is 1.42. The summed E-state index contributed by atoms with van der Waals surface area (Å²) in [6.45, 7) is 7.20. The van der Waals surface area contributed by atoms with E-state index in [2.05, 4.69) is 13.8 Å². The smallest absolute Gasteiger partial charge is 0.138 e. The van der Waals surface area contributed by atoms with Gasteiger partial charge in [0.15, 0.2) is 0 Å². The van der Waals surface area contributed by atoms with E-state index < -0.39 is 0 Å². The van der Waals surface area contributed by atoms with Crippen molar-refractivity contribution in [2.45, 2.75) is 26.9 Å². The molecule has 1 unspecified atom stereocenters. The molecule has 2 N–H and O–H groups in total. The molecule has 0 saturated heterocycles. The lowest BCUT2D eigenvalue weighted by atomic mass is 10.1. The van der Waals surface area contributed by atoms with Gasteiger partial charge in [-0.25, -0.2) is 0 Å². The summed E-state index contributed by atoms with van der Waals surface area (Å²) in [5.74, 6) is 1.86. The molecule has 0 aliphatic heterocycles. The van der Waals surface area contributed by atoms with E-state index in [-0.39, 0.29) is 6.10 Å². The highest BCUT2D eigenvalue weighted by molar-refractivity contribution is 6.32. The molecule has 4 heteroatoms. The van der Waals surface area contributed by atoms with Crippen LogP contribution in [0.1, 0.15) is 20.8 Å². The molecule has 0 saturated carbocycles. The molecule has 1 atom stereocenters. The highest BCUT2D eigenvalue weighted by Gasteiger charge is 2.10. The third-order valence-corrected chi connectivity index (χ3v) is 2.83. The molecule has 3 nitrogen and oxygen atoms in total. The minimum Gasteiger partial charge on any atom is -0.491 e. The summed E-state index contributed by atoms with van der Waals surface area (Å²) in [5, 5.41) is 0.548. The van der Waals surface area contributed by atoms with Crippen LogP contribution in [-0.2, 0) is 0 Å². The van der Waals surface area contributed by atoms with E-state index >= 15 is 0 Å². The van der Waals surface area contributed by atoms with Crippen molar-refractivity contribution in [3.05, 3.63) is 23.2 Å². The van der Waals surface area contributed by atoms with Crippen molar-refractivity contribution in [1.82, 2.24) is 0 Å². The summed E-state index contributed by atoms with van der Waals surface area (Å²) >= 11 is 6.08. The quantitative estimate of drug-likeness (QED) is 0.852. The zero-order valence-corrected chi connectivity index (χ0v) is 11.3. The molecule has 96 valence electrons. The summed E-state index contributed by atoms with van der Waals surface area (Å²) in [5.41, 5.74) is 5.36. The SMILES string of the molecule is CC(C)C(C)Oc1ccc(OCCN)c(Cl)c1. The summed E-state index contributed by atoms with van der Waals surface area (Å²) < 4.78 is 11.1. The Balaban J connectivity index is 2.68. The molecule has 1 aromatic rings. The molecule has 0 amide bonds. The summed E-state index contributed by atoms with van der Waals surface area (Å²) in [4.78, 5) is 0. The Bertz CT molecular complexity index is 355. The molecule has 0 spiro atoms. The highest BCUT2D eigenvalue weighted by atomic mass is 35.5. The van der Waals surface area contributed by atoms with Crippen LogP contribution in [0.5, 0.6) is 11.5 Å². The Morgan fingerprint density at radius 2 is 2.00 bits per heavy atom. The van der Waals surface area contributed by atoms with E-state index in [1.54, 1.807) is 12.1 Å². The minimum absolute atomic E-state index is 0.155. The van der Waals surface area contributed by atoms with Gasteiger partial charge in [-0.15, -0.1) is 0 Å². The highest BCUT2D eigenvalue weighted by Crippen LogP contribution is 2.29. The molecule has 0 radical (unpaired) electrons. The molecule has 1 rings (SSSR count). The number of rotatable bonds is 6. The van der Waals surface area contributed by atoms with Crippen molar-refractivity contribution in [3.63, 3.8) is 0 Å². The standard InChI is InChI=1S/C13H20ClNO2/c1-9(2)10(3)17-11-4-5-13(12(14)8-11)16-7-6-15/h4-5,8-10H,6-7,15H2,1-3H3. The van der Waals surface area contributed by atoms with E-state index in [4.69, 9.17) is 26.8 Å². The monoisotopic (exact) mass is 257 g/mol. The van der Waals surface area contributed by atoms with Gasteiger partial charge in [0.25, 0.3) is 0 Å². The van der Waals surface area contributed by atoms with Gasteiger partial charge in [-0.05, 0) is 25.0 Å². The van der Waals surface area contributed by atoms with Crippen LogP contribution >= 0.6 is 11.6 Å². The molecule has 0 heterocycles. The molecule has 17 heavy (non-hydrogen) atoms. The van der Waals surface area contributed by atoms with Crippen molar-refractivity contribution < 1.29 is 9.47 Å². The minimum atomic E-state index is 0.155. The Labute approximate surface area is 108 Å². The van der Waals surface area contributed by atoms with Gasteiger partial charge in [-0.3, -0.25) is 0 Å². The van der Waals surface area contributed by atoms with Gasteiger partial charge in [0.2, 0.25) is 0 Å². The predicted octanol–water partition coefficient (Wildman–Crippen LogP) is 3.10. The van der Waals surface area contributed by atoms with E-state index in [9.17, 15) is 0 Å². The normalized spacial score (nSPS) is 12.6. The maximum absolute atomic E-state index is 6.08. The third-order valence-electron chi connectivity index (χ3n) is 2.54. The molecule has 0 aliphatic carbocycles. The first-order valence-corrected chi connectivity index (χ1v) is 6.21. The molecule has 0 fully saturated rings. The van der Waals surface area contributed by atoms with E-state index in [0.29, 0.717) is 29.8 Å². The van der Waals surface area contributed by atoms with E-state index in [1.165, 1.54) is 0 Å². The first-order chi connectivity index (χ1) is 8.04. The lowest BCUT2D eigenvalue weighted by molar-refractivity contribution is 0.170. The van der Waals surface area contributed by atoms with Gasteiger partial charge < -0.3 is 15.2 Å². The summed E-state index contributed by atoms with van der Waals surface area (Å²) in [7, 11) is 0. The van der Waals surface area contributed by atoms with Gasteiger partial charge in [0.05, 0.1) is 11.1 Å². The number of hydrogen-bond donors (Lipinski definition) is 1. The average Bonchev–Trinajstić information content (AvgIpc) is 2.28. The number of halogens is 1. The average molecular weight is 258 g/mol. The van der Waals surface area contributed by atoms with Gasteiger partial charge in [0.1, 0.15) is 18.1 Å². The number of benzene rings is 1. The second-order valence-electron chi connectivity index (χ2n) is 4.30. The van der Waals surface area contributed by atoms with Crippen molar-refractivity contribution in [2.24, 2.45) is 11.7 Å². The fourth-order valence-electron chi connectivity index (χ4n) is 1.19. The fraction of sp³-hybridized carbons (Fsp3) is 0.538. The molecular weight excluding hydrogens is 238 g/mol. The Morgan fingerprint density at radius 3 is 2.53 bits per heavy atom. The lowest BCUT2D eigenvalue weighted by Crippen LogP contribution is -2.18. The lowest BCUT2D eigenvalue weighted by Gasteiger charge is -2.18. The zero-order valence-electron chi connectivity index (χ0n) is 10.6.